The smallest absolute Gasteiger partial charge is 0.298 e. The van der Waals surface area contributed by atoms with E-state index in [-0.39, 0.29) is 33.4 Å². The Bertz CT molecular complexity index is 1490. The van der Waals surface area contributed by atoms with Gasteiger partial charge in [0.1, 0.15) is 0 Å². The lowest BCUT2D eigenvalue weighted by molar-refractivity contribution is -0.138. The first-order valence-corrected chi connectivity index (χ1v) is 11.8. The predicted molar refractivity (Wildman–Crippen MR) is 134 cm³/mol. The van der Waals surface area contributed by atoms with Gasteiger partial charge in [-0.25, -0.2) is 0 Å². The lowest BCUT2D eigenvalue weighted by atomic mass is 9.76. The fourth-order valence-electron chi connectivity index (χ4n) is 4.50. The zero-order chi connectivity index (χ0) is 29.1. The molecule has 0 saturated heterocycles. The topological polar surface area (TPSA) is 64.7 Å². The molecule has 4 aromatic rings. The average molecular weight is 548 g/mol. The van der Waals surface area contributed by atoms with Gasteiger partial charge in [-0.3, -0.25) is 4.79 Å². The van der Waals surface area contributed by atoms with Gasteiger partial charge in [0.2, 0.25) is 0 Å². The third-order valence-corrected chi connectivity index (χ3v) is 6.41. The molecule has 2 unspecified atom stereocenters. The Balaban J connectivity index is 1.95. The predicted octanol–water partition coefficient (Wildman–Crippen LogP) is 8.00. The zero-order valence-electron chi connectivity index (χ0n) is 20.5. The number of nitriles is 2. The minimum Gasteiger partial charge on any atom is -0.298 e. The van der Waals surface area contributed by atoms with Crippen LogP contribution in [0.1, 0.15) is 56.3 Å². The first-order valence-electron chi connectivity index (χ1n) is 11.8. The van der Waals surface area contributed by atoms with Crippen LogP contribution in [0, 0.1) is 22.7 Å². The van der Waals surface area contributed by atoms with E-state index >= 15 is 0 Å². The van der Waals surface area contributed by atoms with Gasteiger partial charge in [-0.05, 0) is 58.7 Å². The van der Waals surface area contributed by atoms with Crippen molar-refractivity contribution in [3.63, 3.8) is 0 Å². The summed E-state index contributed by atoms with van der Waals surface area (Å²) in [4.78, 5) is 14.4. The van der Waals surface area contributed by atoms with Crippen LogP contribution in [0.5, 0.6) is 0 Å². The molecule has 0 bridgehead atoms. The van der Waals surface area contributed by atoms with E-state index in [1.165, 1.54) is 60.7 Å². The first kappa shape index (κ1) is 28.1. The normalized spacial score (nSPS) is 13.1. The third-order valence-electron chi connectivity index (χ3n) is 6.41. The molecule has 0 fully saturated rings. The summed E-state index contributed by atoms with van der Waals surface area (Å²) >= 11 is 0. The maximum absolute atomic E-state index is 14.4. The van der Waals surface area contributed by atoms with E-state index in [9.17, 15) is 41.7 Å². The second-order valence-corrected chi connectivity index (χ2v) is 8.98. The first-order chi connectivity index (χ1) is 18.9. The molecule has 0 N–H and O–H groups in total. The van der Waals surface area contributed by atoms with Crippen LogP contribution in [-0.4, -0.2) is 5.78 Å². The number of ketones is 1. The number of nitrogens with zero attached hydrogens (tertiary/aromatic N) is 2. The van der Waals surface area contributed by atoms with Gasteiger partial charge in [-0.1, -0.05) is 60.7 Å². The summed E-state index contributed by atoms with van der Waals surface area (Å²) in [5, 5.41) is 18.4. The van der Waals surface area contributed by atoms with E-state index in [0.29, 0.717) is 0 Å². The third kappa shape index (κ3) is 6.05. The molecule has 0 aliphatic carbocycles. The highest BCUT2D eigenvalue weighted by molar-refractivity contribution is 5.97. The Labute approximate surface area is 225 Å². The molecule has 0 saturated carbocycles. The molecule has 40 heavy (non-hydrogen) atoms. The number of halogens is 6. The SMILES string of the molecule is N#Cc1ccc(C(C(=O)C(c2ccc(C#N)cc2)c2cccc(C(F)(F)F)c2)c2cccc(C(F)(F)F)c2)cc1. The van der Waals surface area contributed by atoms with Crippen molar-refractivity contribution in [2.45, 2.75) is 24.2 Å². The van der Waals surface area contributed by atoms with Crippen LogP contribution >= 0.6 is 0 Å². The molecular weight excluding hydrogens is 530 g/mol. The van der Waals surface area contributed by atoms with Crippen LogP contribution in [-0.2, 0) is 17.1 Å². The molecule has 0 aliphatic heterocycles. The average Bonchev–Trinajstić information content (AvgIpc) is 2.93. The van der Waals surface area contributed by atoms with Gasteiger partial charge in [-0.15, -0.1) is 0 Å². The number of hydrogen-bond acceptors (Lipinski definition) is 3. The highest BCUT2D eigenvalue weighted by Gasteiger charge is 2.37. The Morgan fingerprint density at radius 3 is 1.20 bits per heavy atom. The minimum atomic E-state index is -4.71. The largest absolute Gasteiger partial charge is 0.416 e. The Morgan fingerprint density at radius 1 is 0.550 bits per heavy atom. The van der Waals surface area contributed by atoms with Crippen LogP contribution in [0.3, 0.4) is 0 Å². The maximum atomic E-state index is 14.4. The number of carbonyl (C=O) groups is 1. The number of carbonyl (C=O) groups excluding carboxylic acids is 1. The molecule has 0 spiro atoms. The zero-order valence-corrected chi connectivity index (χ0v) is 20.5. The Kier molecular flexibility index (Phi) is 7.79. The molecule has 0 heterocycles. The molecule has 0 radical (unpaired) electrons. The fourth-order valence-corrected chi connectivity index (χ4v) is 4.50. The monoisotopic (exact) mass is 548 g/mol. The van der Waals surface area contributed by atoms with Crippen molar-refractivity contribution >= 4 is 5.78 Å². The van der Waals surface area contributed by atoms with Gasteiger partial charge < -0.3 is 0 Å². The lowest BCUT2D eigenvalue weighted by Crippen LogP contribution is -2.24. The molecule has 2 atom stereocenters. The Hall–Kier alpha value is -4.89. The van der Waals surface area contributed by atoms with Crippen molar-refractivity contribution in [3.05, 3.63) is 142 Å². The van der Waals surface area contributed by atoms with Gasteiger partial charge in [0.25, 0.3) is 0 Å². The lowest BCUT2D eigenvalue weighted by Gasteiger charge is -2.25. The van der Waals surface area contributed by atoms with E-state index in [0.717, 1.165) is 36.4 Å². The van der Waals surface area contributed by atoms with Gasteiger partial charge in [0.15, 0.2) is 5.78 Å². The molecule has 4 aromatic carbocycles. The number of rotatable bonds is 6. The Morgan fingerprint density at radius 2 is 0.900 bits per heavy atom. The number of alkyl halides is 6. The van der Waals surface area contributed by atoms with Crippen molar-refractivity contribution < 1.29 is 31.1 Å². The maximum Gasteiger partial charge on any atom is 0.416 e. The summed E-state index contributed by atoms with van der Waals surface area (Å²) in [6, 6.07) is 23.6. The van der Waals surface area contributed by atoms with Crippen molar-refractivity contribution in [3.8, 4) is 12.1 Å². The molecule has 0 amide bonds. The van der Waals surface area contributed by atoms with Crippen molar-refractivity contribution in [2.75, 3.05) is 0 Å². The van der Waals surface area contributed by atoms with E-state index in [2.05, 4.69) is 0 Å². The fraction of sp³-hybridized carbons (Fsp3) is 0.129. The number of benzene rings is 4. The quantitative estimate of drug-likeness (QED) is 0.229. The van der Waals surface area contributed by atoms with E-state index < -0.39 is 41.1 Å². The van der Waals surface area contributed by atoms with Crippen molar-refractivity contribution in [1.29, 1.82) is 10.5 Å². The molecule has 0 aliphatic rings. The van der Waals surface area contributed by atoms with E-state index in [4.69, 9.17) is 0 Å². The molecule has 200 valence electrons. The van der Waals surface area contributed by atoms with Crippen LogP contribution in [0.15, 0.2) is 97.1 Å². The van der Waals surface area contributed by atoms with Crippen LogP contribution < -0.4 is 0 Å². The van der Waals surface area contributed by atoms with Crippen LogP contribution in [0.4, 0.5) is 26.3 Å². The summed E-state index contributed by atoms with van der Waals surface area (Å²) < 4.78 is 81.6. The summed E-state index contributed by atoms with van der Waals surface area (Å²) in [6.07, 6.45) is -9.41. The molecule has 9 heteroatoms. The summed E-state index contributed by atoms with van der Waals surface area (Å²) in [7, 11) is 0. The highest BCUT2D eigenvalue weighted by Crippen LogP contribution is 2.40. The van der Waals surface area contributed by atoms with Crippen molar-refractivity contribution in [2.24, 2.45) is 0 Å². The highest BCUT2D eigenvalue weighted by atomic mass is 19.4. The standard InChI is InChI=1S/C31H18F6N2O/c32-30(33,34)25-5-1-3-23(15-25)27(21-11-7-19(17-38)8-12-21)29(40)28(22-13-9-20(18-39)10-14-22)24-4-2-6-26(16-24)31(35,36)37/h1-16,27-28H. The summed E-state index contributed by atoms with van der Waals surface area (Å²) in [5.41, 5.74) is -1.01. The van der Waals surface area contributed by atoms with Gasteiger partial charge >= 0.3 is 12.4 Å². The van der Waals surface area contributed by atoms with Gasteiger partial charge in [0.05, 0.1) is 46.2 Å². The second-order valence-electron chi connectivity index (χ2n) is 8.98. The summed E-state index contributed by atoms with van der Waals surface area (Å²) in [6.45, 7) is 0. The second kappa shape index (κ2) is 11.1. The van der Waals surface area contributed by atoms with E-state index in [1.54, 1.807) is 0 Å². The van der Waals surface area contributed by atoms with E-state index in [1.807, 2.05) is 12.1 Å². The molecular formula is C31H18F6N2O. The molecule has 4 rings (SSSR count). The van der Waals surface area contributed by atoms with Gasteiger partial charge in [-0.2, -0.15) is 36.9 Å². The van der Waals surface area contributed by atoms with Gasteiger partial charge in [0, 0.05) is 0 Å². The van der Waals surface area contributed by atoms with Crippen molar-refractivity contribution in [1.82, 2.24) is 0 Å². The number of Topliss-reactive ketones (excluding diaryl/α,β-unsaturated/α-hetero) is 1. The molecule has 0 aromatic heterocycles. The van der Waals surface area contributed by atoms with Crippen LogP contribution in [0.2, 0.25) is 0 Å². The molecule has 3 nitrogen and oxygen atoms in total. The summed E-state index contributed by atoms with van der Waals surface area (Å²) in [5.74, 6) is -3.34. The number of hydrogen-bond donors (Lipinski definition) is 0. The van der Waals surface area contributed by atoms with Crippen LogP contribution in [0.25, 0.3) is 0 Å². The minimum absolute atomic E-state index is 0.0184.